The summed E-state index contributed by atoms with van der Waals surface area (Å²) in [4.78, 5) is 0. The lowest BCUT2D eigenvalue weighted by atomic mass is 9.82. The van der Waals surface area contributed by atoms with Crippen molar-refractivity contribution in [3.05, 3.63) is 142 Å². The average Bonchev–Trinajstić information content (AvgIpc) is 3.04. The Balaban J connectivity index is 1.10. The summed E-state index contributed by atoms with van der Waals surface area (Å²) in [5.74, 6) is 1.09. The van der Waals surface area contributed by atoms with Crippen molar-refractivity contribution in [1.29, 1.82) is 0 Å². The SMILES string of the molecule is Cc1cc(CCc2ccc(Nc3ccc(Nc4ccc(Cc5ccc(CC(C)CC(C)(C)C)cc5)cc4)cc3)cc2)c(O)c(C(C)(C)C)c1O. The number of hydrogen-bond acceptors (Lipinski definition) is 4. The standard InChI is InChI=1S/C46H56N2O2/c1-31(30-45(3,4)5)27-34-9-11-35(12-10-34)29-36-16-21-39(22-17-36)48-41-25-23-40(24-26-41)47-38-19-14-33(15-20-38)13-18-37-28-32(2)43(49)42(44(37)50)46(6,7)8/h9-12,14-17,19-26,28,31,47-50H,13,18,27,29-30H2,1-8H3. The highest BCUT2D eigenvalue weighted by molar-refractivity contribution is 5.66. The Morgan fingerprint density at radius 3 is 1.44 bits per heavy atom. The number of aromatic hydroxyl groups is 2. The maximum atomic E-state index is 11.0. The predicted octanol–water partition coefficient (Wildman–Crippen LogP) is 12.2. The number of aryl methyl sites for hydroxylation is 3. The monoisotopic (exact) mass is 668 g/mol. The third-order valence-corrected chi connectivity index (χ3v) is 9.32. The van der Waals surface area contributed by atoms with Crippen LogP contribution < -0.4 is 10.6 Å². The van der Waals surface area contributed by atoms with Crippen LogP contribution >= 0.6 is 0 Å². The summed E-state index contributed by atoms with van der Waals surface area (Å²) in [5.41, 5.74) is 11.7. The van der Waals surface area contributed by atoms with E-state index in [2.05, 4.69) is 135 Å². The lowest BCUT2D eigenvalue weighted by Gasteiger charge is -2.24. The number of rotatable bonds is 12. The molecular weight excluding hydrogens is 613 g/mol. The first-order chi connectivity index (χ1) is 23.6. The van der Waals surface area contributed by atoms with Crippen molar-refractivity contribution in [1.82, 2.24) is 0 Å². The van der Waals surface area contributed by atoms with Gasteiger partial charge in [-0.3, -0.25) is 0 Å². The second kappa shape index (κ2) is 15.5. The van der Waals surface area contributed by atoms with Crippen LogP contribution in [-0.2, 0) is 31.1 Å². The van der Waals surface area contributed by atoms with Crippen LogP contribution in [0, 0.1) is 18.3 Å². The molecule has 0 aliphatic rings. The van der Waals surface area contributed by atoms with E-state index in [1.54, 1.807) is 0 Å². The minimum absolute atomic E-state index is 0.191. The summed E-state index contributed by atoms with van der Waals surface area (Å²) in [5, 5.41) is 28.6. The molecule has 1 unspecified atom stereocenters. The van der Waals surface area contributed by atoms with Gasteiger partial charge in [-0.1, -0.05) is 97.0 Å². The van der Waals surface area contributed by atoms with E-state index in [9.17, 15) is 10.2 Å². The highest BCUT2D eigenvalue weighted by Gasteiger charge is 2.25. The van der Waals surface area contributed by atoms with Crippen LogP contribution in [0.15, 0.2) is 103 Å². The number of hydrogen-bond donors (Lipinski definition) is 4. The van der Waals surface area contributed by atoms with Crippen molar-refractivity contribution < 1.29 is 10.2 Å². The van der Waals surface area contributed by atoms with Crippen LogP contribution in [0.2, 0.25) is 0 Å². The van der Waals surface area contributed by atoms with Gasteiger partial charge in [0.2, 0.25) is 0 Å². The smallest absolute Gasteiger partial charge is 0.126 e. The van der Waals surface area contributed by atoms with Crippen LogP contribution in [0.25, 0.3) is 0 Å². The van der Waals surface area contributed by atoms with E-state index in [0.29, 0.717) is 23.3 Å². The Morgan fingerprint density at radius 2 is 0.980 bits per heavy atom. The highest BCUT2D eigenvalue weighted by atomic mass is 16.3. The second-order valence-electron chi connectivity index (χ2n) is 16.5. The summed E-state index contributed by atoms with van der Waals surface area (Å²) in [6.07, 6.45) is 4.80. The third kappa shape index (κ3) is 10.2. The Bertz CT molecular complexity index is 1840. The second-order valence-corrected chi connectivity index (χ2v) is 16.5. The minimum Gasteiger partial charge on any atom is -0.507 e. The molecule has 4 heteroatoms. The molecule has 0 aliphatic carbocycles. The number of phenolic OH excluding ortho intramolecular Hbond substituents is 2. The minimum atomic E-state index is -0.346. The van der Waals surface area contributed by atoms with Gasteiger partial charge in [-0.15, -0.1) is 0 Å². The lowest BCUT2D eigenvalue weighted by molar-refractivity contribution is 0.306. The molecule has 5 aromatic rings. The van der Waals surface area contributed by atoms with Gasteiger partial charge in [-0.2, -0.15) is 0 Å². The fourth-order valence-electron chi connectivity index (χ4n) is 7.03. The molecule has 0 spiro atoms. The maximum Gasteiger partial charge on any atom is 0.126 e. The molecule has 0 bridgehead atoms. The molecule has 0 fully saturated rings. The van der Waals surface area contributed by atoms with Gasteiger partial charge in [0.15, 0.2) is 0 Å². The van der Waals surface area contributed by atoms with Crippen LogP contribution in [0.4, 0.5) is 22.7 Å². The van der Waals surface area contributed by atoms with E-state index >= 15 is 0 Å². The van der Waals surface area contributed by atoms with Crippen LogP contribution in [-0.4, -0.2) is 10.2 Å². The topological polar surface area (TPSA) is 64.5 Å². The molecule has 0 aliphatic heterocycles. The normalized spacial score (nSPS) is 12.5. The van der Waals surface area contributed by atoms with Crippen molar-refractivity contribution in [2.45, 2.75) is 92.9 Å². The summed E-state index contributed by atoms with van der Waals surface area (Å²) in [6.45, 7) is 17.3. The average molecular weight is 669 g/mol. The maximum absolute atomic E-state index is 11.0. The molecule has 5 rings (SSSR count). The van der Waals surface area contributed by atoms with E-state index in [4.69, 9.17) is 0 Å². The number of benzene rings is 5. The molecule has 0 saturated carbocycles. The number of phenols is 2. The molecule has 0 saturated heterocycles. The quantitative estimate of drug-likeness (QED) is 0.107. The molecule has 262 valence electrons. The molecule has 50 heavy (non-hydrogen) atoms. The fourth-order valence-corrected chi connectivity index (χ4v) is 7.03. The highest BCUT2D eigenvalue weighted by Crippen LogP contribution is 2.42. The van der Waals surface area contributed by atoms with Crippen molar-refractivity contribution in [3.8, 4) is 11.5 Å². The summed E-state index contributed by atoms with van der Waals surface area (Å²) in [6, 6.07) is 36.6. The lowest BCUT2D eigenvalue weighted by Crippen LogP contribution is -2.13. The predicted molar refractivity (Wildman–Crippen MR) is 213 cm³/mol. The summed E-state index contributed by atoms with van der Waals surface area (Å²) in [7, 11) is 0. The van der Waals surface area contributed by atoms with E-state index in [1.165, 1.54) is 28.7 Å². The van der Waals surface area contributed by atoms with Gasteiger partial charge in [0.05, 0.1) is 0 Å². The first kappa shape index (κ1) is 36.6. The van der Waals surface area contributed by atoms with Gasteiger partial charge in [0.25, 0.3) is 0 Å². The van der Waals surface area contributed by atoms with Crippen LogP contribution in [0.3, 0.4) is 0 Å². The third-order valence-electron chi connectivity index (χ3n) is 9.32. The van der Waals surface area contributed by atoms with Gasteiger partial charge in [-0.05, 0) is 144 Å². The number of nitrogens with one attached hydrogen (secondary N) is 2. The van der Waals surface area contributed by atoms with Crippen molar-refractivity contribution >= 4 is 22.7 Å². The van der Waals surface area contributed by atoms with E-state index in [1.807, 2.05) is 33.8 Å². The van der Waals surface area contributed by atoms with Gasteiger partial charge in [0.1, 0.15) is 11.5 Å². The van der Waals surface area contributed by atoms with Crippen LogP contribution in [0.5, 0.6) is 11.5 Å². The Kier molecular flexibility index (Phi) is 11.3. The molecule has 5 aromatic carbocycles. The fraction of sp³-hybridized carbons (Fsp3) is 0.348. The van der Waals surface area contributed by atoms with Crippen molar-refractivity contribution in [2.24, 2.45) is 11.3 Å². The number of anilines is 4. The zero-order valence-electron chi connectivity index (χ0n) is 31.3. The molecule has 4 N–H and O–H groups in total. The molecule has 0 heterocycles. The van der Waals surface area contributed by atoms with Gasteiger partial charge < -0.3 is 20.8 Å². The molecule has 0 amide bonds. The largest absolute Gasteiger partial charge is 0.507 e. The molecule has 4 nitrogen and oxygen atoms in total. The van der Waals surface area contributed by atoms with Crippen molar-refractivity contribution in [3.63, 3.8) is 0 Å². The van der Waals surface area contributed by atoms with E-state index in [0.717, 1.165) is 53.1 Å². The first-order valence-electron chi connectivity index (χ1n) is 18.1. The zero-order chi connectivity index (χ0) is 36.1. The molecule has 0 aromatic heterocycles. The van der Waals surface area contributed by atoms with E-state index in [-0.39, 0.29) is 16.9 Å². The zero-order valence-corrected chi connectivity index (χ0v) is 31.3. The Labute approximate surface area is 300 Å². The van der Waals surface area contributed by atoms with Crippen LogP contribution in [0.1, 0.15) is 93.8 Å². The first-order valence-corrected chi connectivity index (χ1v) is 18.1. The summed E-state index contributed by atoms with van der Waals surface area (Å²) < 4.78 is 0. The molecule has 1 atom stereocenters. The van der Waals surface area contributed by atoms with E-state index < -0.39 is 0 Å². The van der Waals surface area contributed by atoms with Gasteiger partial charge in [-0.25, -0.2) is 0 Å². The molecule has 0 radical (unpaired) electrons. The van der Waals surface area contributed by atoms with Crippen molar-refractivity contribution in [2.75, 3.05) is 10.6 Å². The molecular formula is C46H56N2O2. The van der Waals surface area contributed by atoms with Gasteiger partial charge >= 0.3 is 0 Å². The van der Waals surface area contributed by atoms with Gasteiger partial charge in [0, 0.05) is 28.3 Å². The Morgan fingerprint density at radius 1 is 0.560 bits per heavy atom. The Hall–Kier alpha value is -4.70. The summed E-state index contributed by atoms with van der Waals surface area (Å²) >= 11 is 0.